The SMILES string of the molecule is CC(OC(=O)c1cc(C(C)C)nc2c1cnn2C(C)C)C(=O)Nc1ccc(C#N)c(Cl)c1. The highest BCUT2D eigenvalue weighted by Gasteiger charge is 2.24. The Morgan fingerprint density at radius 1 is 1.19 bits per heavy atom. The predicted octanol–water partition coefficient (Wildman–Crippen LogP) is 4.84. The van der Waals surface area contributed by atoms with E-state index in [0.29, 0.717) is 27.8 Å². The van der Waals surface area contributed by atoms with Crippen LogP contribution in [0, 0.1) is 11.3 Å². The molecule has 1 aromatic carbocycles. The summed E-state index contributed by atoms with van der Waals surface area (Å²) in [6, 6.07) is 8.23. The Labute approximate surface area is 191 Å². The molecular weight excluding hydrogens is 430 g/mol. The van der Waals surface area contributed by atoms with Gasteiger partial charge in [0.1, 0.15) is 6.07 Å². The molecule has 0 bridgehead atoms. The molecule has 1 amide bonds. The number of carbonyl (C=O) groups is 2. The van der Waals surface area contributed by atoms with E-state index in [9.17, 15) is 9.59 Å². The van der Waals surface area contributed by atoms with Crippen LogP contribution in [0.4, 0.5) is 5.69 Å². The molecule has 3 rings (SSSR count). The standard InChI is InChI=1S/C23H24ClN5O3/c1-12(2)20-9-17(18-11-26-29(13(3)4)21(18)28-20)23(31)32-14(5)22(30)27-16-7-6-15(10-25)19(24)8-16/h6-9,11-14H,1-5H3,(H,27,30). The molecule has 1 atom stereocenters. The van der Waals surface area contributed by atoms with Gasteiger partial charge in [-0.2, -0.15) is 10.4 Å². The van der Waals surface area contributed by atoms with E-state index in [1.54, 1.807) is 23.0 Å². The lowest BCUT2D eigenvalue weighted by Crippen LogP contribution is -2.30. The summed E-state index contributed by atoms with van der Waals surface area (Å²) in [5.74, 6) is -1.07. The molecule has 0 fully saturated rings. The molecule has 0 saturated heterocycles. The van der Waals surface area contributed by atoms with E-state index in [2.05, 4.69) is 15.4 Å². The van der Waals surface area contributed by atoms with E-state index in [1.807, 2.05) is 33.8 Å². The largest absolute Gasteiger partial charge is 0.449 e. The van der Waals surface area contributed by atoms with Crippen LogP contribution in [-0.4, -0.2) is 32.7 Å². The number of esters is 1. The maximum Gasteiger partial charge on any atom is 0.339 e. The zero-order valence-electron chi connectivity index (χ0n) is 18.5. The maximum absolute atomic E-state index is 13.0. The maximum atomic E-state index is 13.0. The molecule has 0 saturated carbocycles. The number of rotatable bonds is 6. The summed E-state index contributed by atoms with van der Waals surface area (Å²) in [7, 11) is 0. The fraction of sp³-hybridized carbons (Fsp3) is 0.348. The number of nitrogens with one attached hydrogen (secondary N) is 1. The van der Waals surface area contributed by atoms with Gasteiger partial charge in [-0.1, -0.05) is 25.4 Å². The number of fused-ring (bicyclic) bond motifs is 1. The van der Waals surface area contributed by atoms with Crippen molar-refractivity contribution in [3.63, 3.8) is 0 Å². The van der Waals surface area contributed by atoms with Crippen LogP contribution in [-0.2, 0) is 9.53 Å². The van der Waals surface area contributed by atoms with Crippen LogP contribution in [0.1, 0.15) is 68.2 Å². The molecular formula is C23H24ClN5O3. The van der Waals surface area contributed by atoms with Crippen molar-refractivity contribution < 1.29 is 14.3 Å². The molecule has 0 aliphatic carbocycles. The number of halogens is 1. The van der Waals surface area contributed by atoms with Crippen molar-refractivity contribution >= 4 is 40.2 Å². The summed E-state index contributed by atoms with van der Waals surface area (Å²) in [4.78, 5) is 30.2. The first-order valence-corrected chi connectivity index (χ1v) is 10.6. The van der Waals surface area contributed by atoms with Gasteiger partial charge in [-0.3, -0.25) is 4.79 Å². The third kappa shape index (κ3) is 4.73. The van der Waals surface area contributed by atoms with Crippen molar-refractivity contribution in [1.82, 2.24) is 14.8 Å². The Bertz CT molecular complexity index is 1230. The molecule has 0 spiro atoms. The van der Waals surface area contributed by atoms with Crippen molar-refractivity contribution in [1.29, 1.82) is 5.26 Å². The third-order valence-electron chi connectivity index (χ3n) is 4.90. The Hall–Kier alpha value is -3.44. The molecule has 1 N–H and O–H groups in total. The van der Waals surface area contributed by atoms with Gasteiger partial charge in [0.2, 0.25) is 0 Å². The third-order valence-corrected chi connectivity index (χ3v) is 5.21. The molecule has 1 unspecified atom stereocenters. The van der Waals surface area contributed by atoms with Crippen LogP contribution in [0.25, 0.3) is 11.0 Å². The number of ether oxygens (including phenoxy) is 1. The molecule has 32 heavy (non-hydrogen) atoms. The normalized spacial score (nSPS) is 12.1. The van der Waals surface area contributed by atoms with Crippen LogP contribution < -0.4 is 5.32 Å². The number of hydrogen-bond donors (Lipinski definition) is 1. The summed E-state index contributed by atoms with van der Waals surface area (Å²) in [6.45, 7) is 9.42. The Morgan fingerprint density at radius 2 is 1.91 bits per heavy atom. The molecule has 166 valence electrons. The van der Waals surface area contributed by atoms with Gasteiger partial charge in [0.15, 0.2) is 11.8 Å². The molecule has 8 nitrogen and oxygen atoms in total. The second-order valence-electron chi connectivity index (χ2n) is 8.01. The minimum Gasteiger partial charge on any atom is -0.449 e. The fourth-order valence-electron chi connectivity index (χ4n) is 3.08. The quantitative estimate of drug-likeness (QED) is 0.534. The number of nitriles is 1. The highest BCUT2D eigenvalue weighted by Crippen LogP contribution is 2.25. The van der Waals surface area contributed by atoms with E-state index >= 15 is 0 Å². The van der Waals surface area contributed by atoms with Crippen molar-refractivity contribution in [2.24, 2.45) is 0 Å². The van der Waals surface area contributed by atoms with E-state index in [0.717, 1.165) is 5.69 Å². The van der Waals surface area contributed by atoms with Gasteiger partial charge in [-0.05, 0) is 51.0 Å². The first-order valence-electron chi connectivity index (χ1n) is 10.2. The highest BCUT2D eigenvalue weighted by atomic mass is 35.5. The first-order chi connectivity index (χ1) is 15.1. The van der Waals surface area contributed by atoms with Crippen molar-refractivity contribution in [3.05, 3.63) is 52.3 Å². The van der Waals surface area contributed by atoms with Crippen LogP contribution in [0.3, 0.4) is 0 Å². The number of carbonyl (C=O) groups excluding carboxylic acids is 2. The van der Waals surface area contributed by atoms with Crippen LogP contribution in [0.5, 0.6) is 0 Å². The van der Waals surface area contributed by atoms with E-state index in [1.165, 1.54) is 19.1 Å². The van der Waals surface area contributed by atoms with E-state index in [4.69, 9.17) is 21.6 Å². The Morgan fingerprint density at radius 3 is 2.50 bits per heavy atom. The summed E-state index contributed by atoms with van der Waals surface area (Å²) in [5.41, 5.74) is 2.34. The number of hydrogen-bond acceptors (Lipinski definition) is 6. The zero-order chi connectivity index (χ0) is 23.6. The van der Waals surface area contributed by atoms with E-state index < -0.39 is 18.0 Å². The van der Waals surface area contributed by atoms with Crippen LogP contribution in [0.2, 0.25) is 5.02 Å². The molecule has 2 aromatic heterocycles. The minimum absolute atomic E-state index is 0.0650. The first kappa shape index (κ1) is 23.2. The summed E-state index contributed by atoms with van der Waals surface area (Å²) < 4.78 is 7.21. The van der Waals surface area contributed by atoms with Crippen LogP contribution >= 0.6 is 11.6 Å². The lowest BCUT2D eigenvalue weighted by molar-refractivity contribution is -0.123. The lowest BCUT2D eigenvalue weighted by Gasteiger charge is -2.15. The lowest BCUT2D eigenvalue weighted by atomic mass is 10.1. The van der Waals surface area contributed by atoms with Crippen molar-refractivity contribution in [2.75, 3.05) is 5.32 Å². The average Bonchev–Trinajstić information content (AvgIpc) is 3.17. The van der Waals surface area contributed by atoms with Crippen LogP contribution in [0.15, 0.2) is 30.5 Å². The van der Waals surface area contributed by atoms with Crippen molar-refractivity contribution in [2.45, 2.75) is 52.7 Å². The van der Waals surface area contributed by atoms with E-state index in [-0.39, 0.29) is 17.0 Å². The molecule has 0 aliphatic rings. The van der Waals surface area contributed by atoms with Gasteiger partial charge in [0, 0.05) is 17.4 Å². The second-order valence-corrected chi connectivity index (χ2v) is 8.42. The zero-order valence-corrected chi connectivity index (χ0v) is 19.3. The number of aromatic nitrogens is 3. The molecule has 2 heterocycles. The van der Waals surface area contributed by atoms with Gasteiger partial charge in [-0.25, -0.2) is 14.5 Å². The molecule has 9 heteroatoms. The molecule has 3 aromatic rings. The van der Waals surface area contributed by atoms with Crippen molar-refractivity contribution in [3.8, 4) is 6.07 Å². The minimum atomic E-state index is -1.07. The fourth-order valence-corrected chi connectivity index (χ4v) is 3.31. The highest BCUT2D eigenvalue weighted by molar-refractivity contribution is 6.32. The smallest absolute Gasteiger partial charge is 0.339 e. The molecule has 0 radical (unpaired) electrons. The van der Waals surface area contributed by atoms with Gasteiger partial charge in [0.05, 0.1) is 27.7 Å². The average molecular weight is 454 g/mol. The second kappa shape index (κ2) is 9.37. The predicted molar refractivity (Wildman–Crippen MR) is 122 cm³/mol. The number of pyridine rings is 1. The topological polar surface area (TPSA) is 110 Å². The Balaban J connectivity index is 1.83. The van der Waals surface area contributed by atoms with Gasteiger partial charge in [-0.15, -0.1) is 0 Å². The monoisotopic (exact) mass is 453 g/mol. The van der Waals surface area contributed by atoms with Gasteiger partial charge < -0.3 is 10.1 Å². The summed E-state index contributed by atoms with van der Waals surface area (Å²) >= 11 is 6.00. The van der Waals surface area contributed by atoms with Gasteiger partial charge >= 0.3 is 5.97 Å². The number of benzene rings is 1. The molecule has 0 aliphatic heterocycles. The number of amides is 1. The number of nitrogens with zero attached hydrogens (tertiary/aromatic N) is 4. The summed E-state index contributed by atoms with van der Waals surface area (Å²) in [5, 5.41) is 16.7. The number of anilines is 1. The van der Waals surface area contributed by atoms with Gasteiger partial charge in [0.25, 0.3) is 5.91 Å². The summed E-state index contributed by atoms with van der Waals surface area (Å²) in [6.07, 6.45) is 0.523. The Kier molecular flexibility index (Phi) is 6.80.